The molecule has 0 amide bonds. The van der Waals surface area contributed by atoms with Crippen LogP contribution in [0, 0.1) is 17.3 Å². The van der Waals surface area contributed by atoms with Gasteiger partial charge in [-0.3, -0.25) is 0 Å². The fraction of sp³-hybridized carbons (Fsp3) is 0.750. The lowest BCUT2D eigenvalue weighted by atomic mass is 9.70. The van der Waals surface area contributed by atoms with Crippen LogP contribution in [0.15, 0.2) is 12.3 Å². The van der Waals surface area contributed by atoms with E-state index in [4.69, 9.17) is 14.9 Å². The predicted molar refractivity (Wildman–Crippen MR) is 83.2 cm³/mol. The van der Waals surface area contributed by atoms with E-state index in [1.54, 1.807) is 0 Å². The summed E-state index contributed by atoms with van der Waals surface area (Å²) >= 11 is 0. The number of hydrogen-bond acceptors (Lipinski definition) is 6. The fourth-order valence-electron chi connectivity index (χ4n) is 1.71. The van der Waals surface area contributed by atoms with Gasteiger partial charge in [0, 0.05) is 6.92 Å². The largest absolute Gasteiger partial charge is 0.508 e. The van der Waals surface area contributed by atoms with Crippen LogP contribution in [-0.4, -0.2) is 30.1 Å². The van der Waals surface area contributed by atoms with Crippen LogP contribution in [0.5, 0.6) is 0 Å². The summed E-state index contributed by atoms with van der Waals surface area (Å²) in [6, 6.07) is 0. The first-order chi connectivity index (χ1) is 10.6. The Kier molecular flexibility index (Phi) is 9.32. The third-order valence-electron chi connectivity index (χ3n) is 4.27. The van der Waals surface area contributed by atoms with Gasteiger partial charge in [0.25, 0.3) is 0 Å². The van der Waals surface area contributed by atoms with Gasteiger partial charge < -0.3 is 19.5 Å². The second-order valence-corrected chi connectivity index (χ2v) is 6.28. The highest BCUT2D eigenvalue weighted by Gasteiger charge is 2.28. The van der Waals surface area contributed by atoms with E-state index >= 15 is 0 Å². The number of carbonyl (C=O) groups is 2. The Hall–Kier alpha value is -1.76. The number of carbonyl (C=O) groups excluding carboxylic acids is 1. The van der Waals surface area contributed by atoms with E-state index in [0.29, 0.717) is 18.4 Å². The SMILES string of the molecule is CC(OC(=O)O)OC(=O)C=COOCCC(C)C(C)(C)C(C)C. The van der Waals surface area contributed by atoms with Crippen molar-refractivity contribution in [2.45, 2.75) is 54.3 Å². The number of hydrogen-bond donors (Lipinski definition) is 1. The highest BCUT2D eigenvalue weighted by atomic mass is 17.2. The van der Waals surface area contributed by atoms with Gasteiger partial charge in [-0.05, 0) is 23.7 Å². The van der Waals surface area contributed by atoms with Crippen LogP contribution in [0.1, 0.15) is 48.0 Å². The molecule has 0 aliphatic heterocycles. The summed E-state index contributed by atoms with van der Waals surface area (Å²) in [6.07, 6.45) is 0.126. The molecular formula is C16H28O7. The number of rotatable bonds is 10. The van der Waals surface area contributed by atoms with Crippen molar-refractivity contribution in [1.29, 1.82) is 0 Å². The lowest BCUT2D eigenvalue weighted by Gasteiger charge is -2.35. The summed E-state index contributed by atoms with van der Waals surface area (Å²) in [5, 5.41) is 8.33. The fourth-order valence-corrected chi connectivity index (χ4v) is 1.71. The monoisotopic (exact) mass is 332 g/mol. The van der Waals surface area contributed by atoms with Crippen LogP contribution in [0.3, 0.4) is 0 Å². The van der Waals surface area contributed by atoms with Crippen LogP contribution in [0.2, 0.25) is 0 Å². The van der Waals surface area contributed by atoms with Crippen molar-refractivity contribution in [1.82, 2.24) is 0 Å². The maximum absolute atomic E-state index is 11.3. The Bertz CT molecular complexity index is 401. The standard InChI is InChI=1S/C16H28O7/c1-11(2)16(5,6)12(3)7-9-20-21-10-8-14(17)22-13(4)23-15(18)19/h8,10-13H,7,9H2,1-6H3,(H,18,19). The van der Waals surface area contributed by atoms with Gasteiger partial charge >= 0.3 is 12.1 Å². The molecule has 0 saturated carbocycles. The molecular weight excluding hydrogens is 304 g/mol. The summed E-state index contributed by atoms with van der Waals surface area (Å²) in [7, 11) is 0. The van der Waals surface area contributed by atoms with Gasteiger partial charge in [-0.2, -0.15) is 4.89 Å². The van der Waals surface area contributed by atoms with Crippen LogP contribution in [-0.2, 0) is 24.0 Å². The Morgan fingerprint density at radius 1 is 1.13 bits per heavy atom. The van der Waals surface area contributed by atoms with Crippen molar-refractivity contribution in [3.63, 3.8) is 0 Å². The predicted octanol–water partition coefficient (Wildman–Crippen LogP) is 3.74. The first-order valence-electron chi connectivity index (χ1n) is 7.62. The molecule has 0 spiro atoms. The van der Waals surface area contributed by atoms with Crippen molar-refractivity contribution in [2.24, 2.45) is 17.3 Å². The Labute approximate surface area is 137 Å². The number of esters is 1. The van der Waals surface area contributed by atoms with E-state index in [9.17, 15) is 9.59 Å². The molecule has 23 heavy (non-hydrogen) atoms. The summed E-state index contributed by atoms with van der Waals surface area (Å²) in [4.78, 5) is 31.2. The van der Waals surface area contributed by atoms with E-state index in [0.717, 1.165) is 18.8 Å². The average Bonchev–Trinajstić information content (AvgIpc) is 2.40. The van der Waals surface area contributed by atoms with Crippen molar-refractivity contribution < 1.29 is 33.9 Å². The van der Waals surface area contributed by atoms with Crippen molar-refractivity contribution >= 4 is 12.1 Å². The molecule has 0 saturated heterocycles. The molecule has 0 aromatic heterocycles. The Balaban J connectivity index is 3.91. The van der Waals surface area contributed by atoms with Gasteiger partial charge in [0.2, 0.25) is 6.29 Å². The summed E-state index contributed by atoms with van der Waals surface area (Å²) in [5.74, 6) is 0.216. The molecule has 7 nitrogen and oxygen atoms in total. The quantitative estimate of drug-likeness (QED) is 0.124. The van der Waals surface area contributed by atoms with Gasteiger partial charge in [0.1, 0.15) is 6.26 Å². The third kappa shape index (κ3) is 9.07. The maximum Gasteiger partial charge on any atom is 0.508 e. The molecule has 0 radical (unpaired) electrons. The lowest BCUT2D eigenvalue weighted by Crippen LogP contribution is -2.28. The molecule has 0 aromatic rings. The zero-order chi connectivity index (χ0) is 18.0. The van der Waals surface area contributed by atoms with E-state index in [-0.39, 0.29) is 5.41 Å². The van der Waals surface area contributed by atoms with Crippen LogP contribution < -0.4 is 0 Å². The smallest absolute Gasteiger partial charge is 0.450 e. The minimum absolute atomic E-state index is 0.198. The van der Waals surface area contributed by atoms with E-state index in [2.05, 4.69) is 44.1 Å². The second kappa shape index (κ2) is 10.1. The lowest BCUT2D eigenvalue weighted by molar-refractivity contribution is -0.252. The van der Waals surface area contributed by atoms with Gasteiger partial charge in [-0.1, -0.05) is 34.6 Å². The highest BCUT2D eigenvalue weighted by Crippen LogP contribution is 2.36. The number of carboxylic acid groups (broad SMARTS) is 1. The molecule has 0 rings (SSSR count). The van der Waals surface area contributed by atoms with Gasteiger partial charge in [-0.15, -0.1) is 0 Å². The van der Waals surface area contributed by atoms with Gasteiger partial charge in [-0.25, -0.2) is 9.59 Å². The second-order valence-electron chi connectivity index (χ2n) is 6.28. The molecule has 0 aromatic carbocycles. The van der Waals surface area contributed by atoms with E-state index in [1.165, 1.54) is 6.92 Å². The molecule has 0 bridgehead atoms. The van der Waals surface area contributed by atoms with E-state index in [1.807, 2.05) is 0 Å². The molecule has 1 N–H and O–H groups in total. The Morgan fingerprint density at radius 2 is 1.74 bits per heavy atom. The minimum atomic E-state index is -1.52. The molecule has 0 aliphatic carbocycles. The average molecular weight is 332 g/mol. The van der Waals surface area contributed by atoms with Crippen molar-refractivity contribution in [3.05, 3.63) is 12.3 Å². The van der Waals surface area contributed by atoms with Gasteiger partial charge in [0.15, 0.2) is 0 Å². The summed E-state index contributed by atoms with van der Waals surface area (Å²) in [5.41, 5.74) is 0.198. The highest BCUT2D eigenvalue weighted by molar-refractivity contribution is 5.81. The van der Waals surface area contributed by atoms with Crippen molar-refractivity contribution in [2.75, 3.05) is 6.61 Å². The zero-order valence-electron chi connectivity index (χ0n) is 14.7. The van der Waals surface area contributed by atoms with Crippen LogP contribution >= 0.6 is 0 Å². The van der Waals surface area contributed by atoms with Crippen LogP contribution in [0.4, 0.5) is 4.79 Å². The third-order valence-corrected chi connectivity index (χ3v) is 4.27. The van der Waals surface area contributed by atoms with Crippen molar-refractivity contribution in [3.8, 4) is 0 Å². The van der Waals surface area contributed by atoms with E-state index < -0.39 is 18.4 Å². The zero-order valence-corrected chi connectivity index (χ0v) is 14.7. The summed E-state index contributed by atoms with van der Waals surface area (Å²) < 4.78 is 8.82. The first-order valence-corrected chi connectivity index (χ1v) is 7.62. The maximum atomic E-state index is 11.3. The minimum Gasteiger partial charge on any atom is -0.450 e. The molecule has 134 valence electrons. The van der Waals surface area contributed by atoms with Gasteiger partial charge in [0.05, 0.1) is 12.7 Å². The molecule has 0 heterocycles. The molecule has 7 heteroatoms. The van der Waals surface area contributed by atoms with Crippen LogP contribution in [0.25, 0.3) is 0 Å². The topological polar surface area (TPSA) is 91.3 Å². The summed E-state index contributed by atoms with van der Waals surface area (Å²) in [6.45, 7) is 12.7. The number of ether oxygens (including phenoxy) is 2. The normalized spacial score (nSPS) is 14.6. The molecule has 0 fully saturated rings. The molecule has 2 atom stereocenters. The molecule has 0 aliphatic rings. The first kappa shape index (κ1) is 21.2. The Morgan fingerprint density at radius 3 is 2.26 bits per heavy atom. The molecule has 2 unspecified atom stereocenters.